The third-order valence-electron chi connectivity index (χ3n) is 3.36. The molecular formula is C13H17NO2. The smallest absolute Gasteiger partial charge is 0.147 e. The van der Waals surface area contributed by atoms with Gasteiger partial charge in [0.1, 0.15) is 5.78 Å². The molecule has 3 heteroatoms. The maximum absolute atomic E-state index is 12.2. The van der Waals surface area contributed by atoms with Crippen molar-refractivity contribution in [1.29, 1.82) is 0 Å². The Kier molecular flexibility index (Phi) is 3.08. The first-order chi connectivity index (χ1) is 7.63. The summed E-state index contributed by atoms with van der Waals surface area (Å²) in [5.74, 6) is 0.170. The van der Waals surface area contributed by atoms with Gasteiger partial charge in [-0.2, -0.15) is 0 Å². The Morgan fingerprint density at radius 3 is 2.75 bits per heavy atom. The van der Waals surface area contributed by atoms with Crippen LogP contribution in [0.3, 0.4) is 0 Å². The average Bonchev–Trinajstić information content (AvgIpc) is 2.62. The van der Waals surface area contributed by atoms with Gasteiger partial charge in [-0.1, -0.05) is 30.3 Å². The van der Waals surface area contributed by atoms with E-state index in [2.05, 4.69) is 0 Å². The summed E-state index contributed by atoms with van der Waals surface area (Å²) < 4.78 is 5.29. The van der Waals surface area contributed by atoms with Crippen molar-refractivity contribution in [3.05, 3.63) is 35.9 Å². The highest BCUT2D eigenvalue weighted by molar-refractivity contribution is 5.87. The standard InChI is InChI=1S/C13H17NO2/c1-13(9-16-8-11(13)14)12(15)7-10-5-3-2-4-6-10/h2-6,11H,7-9,14H2,1H3. The van der Waals surface area contributed by atoms with E-state index in [-0.39, 0.29) is 11.8 Å². The minimum absolute atomic E-state index is 0.170. The minimum Gasteiger partial charge on any atom is -0.379 e. The topological polar surface area (TPSA) is 52.3 Å². The summed E-state index contributed by atoms with van der Waals surface area (Å²) in [6.07, 6.45) is 0.439. The monoisotopic (exact) mass is 219 g/mol. The predicted molar refractivity (Wildman–Crippen MR) is 62.1 cm³/mol. The number of Topliss-reactive ketones (excluding diaryl/α,β-unsaturated/α-hetero) is 1. The van der Waals surface area contributed by atoms with Gasteiger partial charge in [0, 0.05) is 12.5 Å². The van der Waals surface area contributed by atoms with Crippen LogP contribution in [0.1, 0.15) is 12.5 Å². The molecule has 1 aliphatic heterocycles. The number of benzene rings is 1. The molecule has 2 N–H and O–H groups in total. The number of rotatable bonds is 3. The van der Waals surface area contributed by atoms with Crippen molar-refractivity contribution in [2.75, 3.05) is 13.2 Å². The number of hydrogen-bond acceptors (Lipinski definition) is 3. The molecule has 0 spiro atoms. The molecule has 2 rings (SSSR count). The molecule has 1 aromatic carbocycles. The highest BCUT2D eigenvalue weighted by Gasteiger charge is 2.43. The Labute approximate surface area is 95.6 Å². The second kappa shape index (κ2) is 4.36. The molecule has 1 fully saturated rings. The Hall–Kier alpha value is -1.19. The van der Waals surface area contributed by atoms with Crippen LogP contribution < -0.4 is 5.73 Å². The van der Waals surface area contributed by atoms with E-state index in [0.717, 1.165) is 5.56 Å². The van der Waals surface area contributed by atoms with E-state index in [4.69, 9.17) is 10.5 Å². The molecule has 2 unspecified atom stereocenters. The molecular weight excluding hydrogens is 202 g/mol. The summed E-state index contributed by atoms with van der Waals surface area (Å²) >= 11 is 0. The van der Waals surface area contributed by atoms with Crippen LogP contribution in [0.5, 0.6) is 0 Å². The van der Waals surface area contributed by atoms with Gasteiger partial charge in [0.15, 0.2) is 0 Å². The number of carbonyl (C=O) groups is 1. The molecule has 3 nitrogen and oxygen atoms in total. The largest absolute Gasteiger partial charge is 0.379 e. The van der Waals surface area contributed by atoms with Gasteiger partial charge in [-0.3, -0.25) is 4.79 Å². The van der Waals surface area contributed by atoms with Crippen LogP contribution in [-0.4, -0.2) is 25.0 Å². The maximum atomic E-state index is 12.2. The lowest BCUT2D eigenvalue weighted by atomic mass is 9.79. The first kappa shape index (κ1) is 11.3. The van der Waals surface area contributed by atoms with Gasteiger partial charge < -0.3 is 10.5 Å². The number of ether oxygens (including phenoxy) is 1. The fourth-order valence-electron chi connectivity index (χ4n) is 1.96. The first-order valence-corrected chi connectivity index (χ1v) is 5.53. The quantitative estimate of drug-likeness (QED) is 0.830. The third kappa shape index (κ3) is 2.01. The number of carbonyl (C=O) groups excluding carboxylic acids is 1. The van der Waals surface area contributed by atoms with Crippen molar-refractivity contribution in [3.63, 3.8) is 0 Å². The third-order valence-corrected chi connectivity index (χ3v) is 3.36. The van der Waals surface area contributed by atoms with Crippen LogP contribution >= 0.6 is 0 Å². The summed E-state index contributed by atoms with van der Waals surface area (Å²) in [6.45, 7) is 2.83. The van der Waals surface area contributed by atoms with E-state index in [9.17, 15) is 4.79 Å². The van der Waals surface area contributed by atoms with Gasteiger partial charge in [-0.15, -0.1) is 0 Å². The zero-order chi connectivity index (χ0) is 11.6. The maximum Gasteiger partial charge on any atom is 0.147 e. The van der Waals surface area contributed by atoms with Crippen LogP contribution in [0.15, 0.2) is 30.3 Å². The van der Waals surface area contributed by atoms with Crippen LogP contribution in [0.25, 0.3) is 0 Å². The Bertz CT molecular complexity index is 377. The molecule has 1 saturated heterocycles. The normalized spacial score (nSPS) is 29.2. The van der Waals surface area contributed by atoms with Crippen molar-refractivity contribution in [3.8, 4) is 0 Å². The molecule has 1 aromatic rings. The molecule has 1 heterocycles. The molecule has 0 amide bonds. The molecule has 16 heavy (non-hydrogen) atoms. The van der Waals surface area contributed by atoms with E-state index >= 15 is 0 Å². The zero-order valence-corrected chi connectivity index (χ0v) is 9.48. The van der Waals surface area contributed by atoms with Crippen LogP contribution in [0, 0.1) is 5.41 Å². The highest BCUT2D eigenvalue weighted by Crippen LogP contribution is 2.29. The lowest BCUT2D eigenvalue weighted by Gasteiger charge is -2.25. The molecule has 0 aromatic heterocycles. The Balaban J connectivity index is 2.09. The summed E-state index contributed by atoms with van der Waals surface area (Å²) in [5.41, 5.74) is 6.44. The molecule has 0 bridgehead atoms. The second-order valence-electron chi connectivity index (χ2n) is 4.62. The summed E-state index contributed by atoms with van der Waals surface area (Å²) in [7, 11) is 0. The first-order valence-electron chi connectivity index (χ1n) is 5.53. The lowest BCUT2D eigenvalue weighted by Crippen LogP contribution is -2.45. The van der Waals surface area contributed by atoms with E-state index < -0.39 is 5.41 Å². The van der Waals surface area contributed by atoms with Gasteiger partial charge in [-0.25, -0.2) is 0 Å². The van der Waals surface area contributed by atoms with Gasteiger partial charge in [0.2, 0.25) is 0 Å². The SMILES string of the molecule is CC1(C(=O)Cc2ccccc2)COCC1N. The number of ketones is 1. The van der Waals surface area contributed by atoms with E-state index in [1.807, 2.05) is 37.3 Å². The molecule has 86 valence electrons. The van der Waals surface area contributed by atoms with Crippen LogP contribution in [0.2, 0.25) is 0 Å². The van der Waals surface area contributed by atoms with Gasteiger partial charge in [-0.05, 0) is 12.5 Å². The number of nitrogens with two attached hydrogens (primary N) is 1. The molecule has 1 aliphatic rings. The van der Waals surface area contributed by atoms with Crippen molar-refractivity contribution in [2.24, 2.45) is 11.1 Å². The van der Waals surface area contributed by atoms with Crippen molar-refractivity contribution in [1.82, 2.24) is 0 Å². The Morgan fingerprint density at radius 2 is 2.19 bits per heavy atom. The highest BCUT2D eigenvalue weighted by atomic mass is 16.5. The van der Waals surface area contributed by atoms with Crippen LogP contribution in [0.4, 0.5) is 0 Å². The van der Waals surface area contributed by atoms with Crippen LogP contribution in [-0.2, 0) is 16.0 Å². The average molecular weight is 219 g/mol. The molecule has 0 saturated carbocycles. The predicted octanol–water partition coefficient (Wildman–Crippen LogP) is 1.16. The van der Waals surface area contributed by atoms with Crippen molar-refractivity contribution < 1.29 is 9.53 Å². The lowest BCUT2D eigenvalue weighted by molar-refractivity contribution is -0.127. The summed E-state index contributed by atoms with van der Waals surface area (Å²) in [6, 6.07) is 9.57. The second-order valence-corrected chi connectivity index (χ2v) is 4.62. The van der Waals surface area contributed by atoms with Gasteiger partial charge in [0.25, 0.3) is 0 Å². The molecule has 0 aliphatic carbocycles. The minimum atomic E-state index is -0.518. The fraction of sp³-hybridized carbons (Fsp3) is 0.462. The van der Waals surface area contributed by atoms with E-state index in [0.29, 0.717) is 19.6 Å². The molecule has 0 radical (unpaired) electrons. The summed E-state index contributed by atoms with van der Waals surface area (Å²) in [4.78, 5) is 12.2. The van der Waals surface area contributed by atoms with E-state index in [1.165, 1.54) is 0 Å². The number of hydrogen-bond donors (Lipinski definition) is 1. The van der Waals surface area contributed by atoms with Gasteiger partial charge >= 0.3 is 0 Å². The Morgan fingerprint density at radius 1 is 1.50 bits per heavy atom. The van der Waals surface area contributed by atoms with Gasteiger partial charge in [0.05, 0.1) is 18.6 Å². The van der Waals surface area contributed by atoms with Crippen molar-refractivity contribution in [2.45, 2.75) is 19.4 Å². The fourth-order valence-corrected chi connectivity index (χ4v) is 1.96. The van der Waals surface area contributed by atoms with E-state index in [1.54, 1.807) is 0 Å². The zero-order valence-electron chi connectivity index (χ0n) is 9.48. The summed E-state index contributed by atoms with van der Waals surface area (Å²) in [5, 5.41) is 0. The molecule has 2 atom stereocenters. The van der Waals surface area contributed by atoms with Crippen molar-refractivity contribution >= 4 is 5.78 Å².